The smallest absolute Gasteiger partial charge is 0.0314 e. The van der Waals surface area contributed by atoms with Crippen molar-refractivity contribution in [2.75, 3.05) is 6.54 Å². The fraction of sp³-hybridized carbons (Fsp3) is 0.818. The second-order valence-electron chi connectivity index (χ2n) is 3.99. The minimum Gasteiger partial charge on any atom is -0.370 e. The zero-order chi connectivity index (χ0) is 9.78. The first kappa shape index (κ1) is 11.5. The molecule has 0 aromatic heterocycles. The predicted molar refractivity (Wildman–Crippen MR) is 56.2 cm³/mol. The third-order valence-corrected chi connectivity index (χ3v) is 2.04. The molecule has 1 aliphatic rings. The summed E-state index contributed by atoms with van der Waals surface area (Å²) in [5.74, 6) is 0. The number of hydrogen-bond donors (Lipinski definition) is 0. The van der Waals surface area contributed by atoms with E-state index in [1.165, 1.54) is 25.1 Å². The van der Waals surface area contributed by atoms with Gasteiger partial charge in [0, 0.05) is 17.8 Å². The van der Waals surface area contributed by atoms with Crippen molar-refractivity contribution < 1.29 is 0 Å². The molecule has 0 saturated carbocycles. The van der Waals surface area contributed by atoms with Crippen molar-refractivity contribution in [3.8, 4) is 0 Å². The molecule has 1 fully saturated rings. The van der Waals surface area contributed by atoms with E-state index in [0.29, 0.717) is 0 Å². The van der Waals surface area contributed by atoms with E-state index in [1.807, 2.05) is 13.8 Å². The molecule has 0 amide bonds. The molecule has 0 unspecified atom stereocenters. The molecule has 0 atom stereocenters. The van der Waals surface area contributed by atoms with Gasteiger partial charge in [0.1, 0.15) is 0 Å². The second kappa shape index (κ2) is 4.54. The average molecular weight is 169 g/mol. The highest BCUT2D eigenvalue weighted by Crippen LogP contribution is 2.27. The first-order valence-corrected chi connectivity index (χ1v) is 4.97. The molecule has 0 spiro atoms. The van der Waals surface area contributed by atoms with Crippen LogP contribution < -0.4 is 0 Å². The summed E-state index contributed by atoms with van der Waals surface area (Å²) in [6, 6.07) is 0. The van der Waals surface area contributed by atoms with Gasteiger partial charge < -0.3 is 4.90 Å². The molecule has 0 radical (unpaired) electrons. The van der Waals surface area contributed by atoms with Crippen LogP contribution in [0.4, 0.5) is 0 Å². The zero-order valence-corrected chi connectivity index (χ0v) is 9.28. The van der Waals surface area contributed by atoms with Gasteiger partial charge in [0.25, 0.3) is 0 Å². The molecule has 0 aromatic rings. The molecule has 1 aliphatic heterocycles. The minimum absolute atomic E-state index is 0.285. The van der Waals surface area contributed by atoms with E-state index in [-0.39, 0.29) is 5.54 Å². The third kappa shape index (κ3) is 2.88. The number of allylic oxidation sites excluding steroid dienone is 1. The highest BCUT2D eigenvalue weighted by atomic mass is 15.2. The number of hydrogen-bond acceptors (Lipinski definition) is 1. The molecule has 1 nitrogen and oxygen atoms in total. The van der Waals surface area contributed by atoms with Crippen LogP contribution in [0, 0.1) is 0 Å². The maximum absolute atomic E-state index is 4.03. The zero-order valence-electron chi connectivity index (χ0n) is 9.28. The van der Waals surface area contributed by atoms with Crippen LogP contribution in [-0.4, -0.2) is 17.0 Å². The van der Waals surface area contributed by atoms with Crippen molar-refractivity contribution in [2.24, 2.45) is 0 Å². The summed E-state index contributed by atoms with van der Waals surface area (Å²) in [5, 5.41) is 0. The fourth-order valence-corrected chi connectivity index (χ4v) is 1.54. The van der Waals surface area contributed by atoms with E-state index in [0.717, 1.165) is 0 Å². The Hall–Kier alpha value is -0.460. The van der Waals surface area contributed by atoms with Gasteiger partial charge in [0.15, 0.2) is 0 Å². The van der Waals surface area contributed by atoms with Crippen LogP contribution in [0.15, 0.2) is 12.3 Å². The normalized spacial score (nSPS) is 17.4. The summed E-state index contributed by atoms with van der Waals surface area (Å²) in [4.78, 5) is 2.40. The van der Waals surface area contributed by atoms with Crippen molar-refractivity contribution in [3.63, 3.8) is 0 Å². The number of nitrogens with zero attached hydrogens (tertiary/aromatic N) is 1. The molecule has 0 bridgehead atoms. The molecule has 12 heavy (non-hydrogen) atoms. The van der Waals surface area contributed by atoms with Gasteiger partial charge in [-0.05, 0) is 33.6 Å². The summed E-state index contributed by atoms with van der Waals surface area (Å²) < 4.78 is 0. The second-order valence-corrected chi connectivity index (χ2v) is 3.99. The summed E-state index contributed by atoms with van der Waals surface area (Å²) in [5.41, 5.74) is 1.60. The maximum atomic E-state index is 4.03. The van der Waals surface area contributed by atoms with Crippen molar-refractivity contribution in [1.82, 2.24) is 4.90 Å². The van der Waals surface area contributed by atoms with Gasteiger partial charge in [-0.1, -0.05) is 20.4 Å². The monoisotopic (exact) mass is 169 g/mol. The van der Waals surface area contributed by atoms with E-state index in [4.69, 9.17) is 0 Å². The van der Waals surface area contributed by atoms with E-state index >= 15 is 0 Å². The van der Waals surface area contributed by atoms with Crippen LogP contribution in [0.1, 0.15) is 47.5 Å². The van der Waals surface area contributed by atoms with Crippen LogP contribution >= 0.6 is 0 Å². The van der Waals surface area contributed by atoms with Gasteiger partial charge in [-0.3, -0.25) is 0 Å². The van der Waals surface area contributed by atoms with E-state index in [2.05, 4.69) is 32.3 Å². The Balaban J connectivity index is 0.000000561. The molecule has 1 rings (SSSR count). The standard InChI is InChI=1S/C9H17N.C2H6/c1-8-6-5-7-10(8)9(2,3)4;1-2/h1,5-7H2,2-4H3;1-2H3. The molecule has 0 aromatic carbocycles. The first-order chi connectivity index (χ1) is 5.52. The Morgan fingerprint density at radius 2 is 1.75 bits per heavy atom. The lowest BCUT2D eigenvalue weighted by molar-refractivity contribution is 0.213. The van der Waals surface area contributed by atoms with Crippen LogP contribution in [0.25, 0.3) is 0 Å². The summed E-state index contributed by atoms with van der Waals surface area (Å²) in [6.45, 7) is 15.9. The number of likely N-dealkylation sites (tertiary alicyclic amines) is 1. The topological polar surface area (TPSA) is 3.24 Å². The van der Waals surface area contributed by atoms with Gasteiger partial charge in [0.2, 0.25) is 0 Å². The maximum Gasteiger partial charge on any atom is 0.0314 e. The lowest BCUT2D eigenvalue weighted by Gasteiger charge is -2.34. The lowest BCUT2D eigenvalue weighted by Crippen LogP contribution is -2.37. The Labute approximate surface area is 77.5 Å². The molecule has 1 heteroatoms. The van der Waals surface area contributed by atoms with Crippen molar-refractivity contribution in [2.45, 2.75) is 53.0 Å². The predicted octanol–water partition coefficient (Wildman–Crippen LogP) is 3.42. The highest BCUT2D eigenvalue weighted by Gasteiger charge is 2.25. The molecule has 0 aliphatic carbocycles. The summed E-state index contributed by atoms with van der Waals surface area (Å²) in [6.07, 6.45) is 2.48. The SMILES string of the molecule is C=C1CCCN1C(C)(C)C.CC. The third-order valence-electron chi connectivity index (χ3n) is 2.04. The fourth-order valence-electron chi connectivity index (χ4n) is 1.54. The van der Waals surface area contributed by atoms with Gasteiger partial charge in [0.05, 0.1) is 0 Å². The van der Waals surface area contributed by atoms with E-state index < -0.39 is 0 Å². The molecular weight excluding hydrogens is 146 g/mol. The van der Waals surface area contributed by atoms with Gasteiger partial charge in [-0.25, -0.2) is 0 Å². The lowest BCUT2D eigenvalue weighted by atomic mass is 10.1. The van der Waals surface area contributed by atoms with Gasteiger partial charge >= 0.3 is 0 Å². The Bertz CT molecular complexity index is 142. The van der Waals surface area contributed by atoms with Crippen molar-refractivity contribution in [3.05, 3.63) is 12.3 Å². The van der Waals surface area contributed by atoms with Gasteiger partial charge in [-0.15, -0.1) is 0 Å². The average Bonchev–Trinajstić information content (AvgIpc) is 2.38. The highest BCUT2D eigenvalue weighted by molar-refractivity contribution is 5.04. The Morgan fingerprint density at radius 3 is 1.92 bits per heavy atom. The van der Waals surface area contributed by atoms with Crippen molar-refractivity contribution >= 4 is 0 Å². The first-order valence-electron chi connectivity index (χ1n) is 4.97. The van der Waals surface area contributed by atoms with Crippen LogP contribution in [0.5, 0.6) is 0 Å². The molecule has 1 saturated heterocycles. The largest absolute Gasteiger partial charge is 0.370 e. The molecular formula is C11H23N. The van der Waals surface area contributed by atoms with Crippen LogP contribution in [0.2, 0.25) is 0 Å². The molecule has 1 heterocycles. The number of rotatable bonds is 0. The Kier molecular flexibility index (Phi) is 4.36. The quantitative estimate of drug-likeness (QED) is 0.537. The molecule has 0 N–H and O–H groups in total. The Morgan fingerprint density at radius 1 is 1.25 bits per heavy atom. The van der Waals surface area contributed by atoms with E-state index in [1.54, 1.807) is 0 Å². The minimum atomic E-state index is 0.285. The summed E-state index contributed by atoms with van der Waals surface area (Å²) in [7, 11) is 0. The summed E-state index contributed by atoms with van der Waals surface area (Å²) >= 11 is 0. The van der Waals surface area contributed by atoms with E-state index in [9.17, 15) is 0 Å². The van der Waals surface area contributed by atoms with Crippen molar-refractivity contribution in [1.29, 1.82) is 0 Å². The van der Waals surface area contributed by atoms with Crippen LogP contribution in [0.3, 0.4) is 0 Å². The van der Waals surface area contributed by atoms with Gasteiger partial charge in [-0.2, -0.15) is 0 Å². The molecule has 72 valence electrons. The van der Waals surface area contributed by atoms with Crippen LogP contribution in [-0.2, 0) is 0 Å².